The van der Waals surface area contributed by atoms with E-state index in [1.54, 1.807) is 0 Å². The molecule has 0 amide bonds. The maximum Gasteiger partial charge on any atom is 0.266 e. The van der Waals surface area contributed by atoms with Crippen LogP contribution in [0.25, 0.3) is 0 Å². The van der Waals surface area contributed by atoms with Crippen molar-refractivity contribution in [2.45, 2.75) is 3.25 Å². The lowest BCUT2D eigenvalue weighted by atomic mass is 11.8. The fourth-order valence-corrected chi connectivity index (χ4v) is 0. The SMILES string of the molecule is [35Cl]C([35Cl])([35Cl])[35Cl]. The summed E-state index contributed by atoms with van der Waals surface area (Å²) in [5.74, 6) is 0. The normalized spacial score (nSPS) is 12.0. The third-order valence-corrected chi connectivity index (χ3v) is 0. The molecule has 0 bridgehead atoms. The van der Waals surface area contributed by atoms with Crippen molar-refractivity contribution in [2.75, 3.05) is 0 Å². The molecule has 0 aliphatic rings. The fraction of sp³-hybridized carbons (Fsp3) is 1.00. The molecule has 0 unspecified atom stereocenters. The molecule has 0 N–H and O–H groups in total. The van der Waals surface area contributed by atoms with Crippen LogP contribution in [0.15, 0.2) is 0 Å². The van der Waals surface area contributed by atoms with Crippen LogP contribution in [-0.4, -0.2) is 3.25 Å². The molecule has 0 aromatic carbocycles. The Morgan fingerprint density at radius 1 is 0.800 bits per heavy atom. The summed E-state index contributed by atoms with van der Waals surface area (Å²) in [5, 5.41) is 0. The van der Waals surface area contributed by atoms with E-state index >= 15 is 0 Å². The highest BCUT2D eigenvalue weighted by Crippen LogP contribution is 2.29. The van der Waals surface area contributed by atoms with Crippen LogP contribution in [0.1, 0.15) is 0 Å². The van der Waals surface area contributed by atoms with Crippen LogP contribution in [-0.2, 0) is 0 Å². The lowest BCUT2D eigenvalue weighted by molar-refractivity contribution is 1.76. The molecule has 0 heterocycles. The summed E-state index contributed by atoms with van der Waals surface area (Å²) >= 11 is 19.3. The number of rotatable bonds is 0. The Hall–Kier alpha value is 1.16. The van der Waals surface area contributed by atoms with E-state index in [1.807, 2.05) is 0 Å². The van der Waals surface area contributed by atoms with Gasteiger partial charge in [-0.25, -0.2) is 0 Å². The molecule has 5 heavy (non-hydrogen) atoms. The molecule has 0 nitrogen and oxygen atoms in total. The lowest BCUT2D eigenvalue weighted by Crippen LogP contribution is -1.81. The predicted octanol–water partition coefficient (Wildman–Crippen LogP) is 2.55. The number of hydrogen-bond acceptors (Lipinski definition) is 0. The molecule has 0 fully saturated rings. The minimum Gasteiger partial charge on any atom is -0.0664 e. The van der Waals surface area contributed by atoms with E-state index in [9.17, 15) is 0 Å². The summed E-state index contributed by atoms with van der Waals surface area (Å²) in [6.07, 6.45) is 0. The summed E-state index contributed by atoms with van der Waals surface area (Å²) in [6.45, 7) is 0. The third kappa shape index (κ3) is 38.3. The minimum atomic E-state index is -1.61. The molecule has 0 aliphatic heterocycles. The first-order valence-electron chi connectivity index (χ1n) is 0.756. The topological polar surface area (TPSA) is 0 Å². The molecule has 32 valence electrons. The molecule has 0 atom stereocenters. The quantitative estimate of drug-likeness (QED) is 0.467. The molecular formula is CCl4. The summed E-state index contributed by atoms with van der Waals surface area (Å²) in [5.41, 5.74) is 0. The fourth-order valence-electron chi connectivity index (χ4n) is 0. The van der Waals surface area contributed by atoms with Gasteiger partial charge in [-0.2, -0.15) is 0 Å². The zero-order chi connectivity index (χ0) is 4.50. The van der Waals surface area contributed by atoms with Crippen molar-refractivity contribution in [3.8, 4) is 0 Å². The molecule has 0 saturated heterocycles. The van der Waals surface area contributed by atoms with Crippen molar-refractivity contribution in [1.29, 1.82) is 0 Å². The number of halogens is 4. The van der Waals surface area contributed by atoms with Gasteiger partial charge in [0.2, 0.25) is 0 Å². The number of alkyl halides is 4. The maximum atomic E-state index is 4.83. The maximum absolute atomic E-state index is 4.83. The Kier molecular flexibility index (Phi) is 2.15. The highest BCUT2D eigenvalue weighted by molar-refractivity contribution is 6.83. The van der Waals surface area contributed by atoms with E-state index in [1.165, 1.54) is 0 Å². The zero-order valence-corrected chi connectivity index (χ0v) is 5.04. The largest absolute Gasteiger partial charge is 0.266 e. The van der Waals surface area contributed by atoms with Gasteiger partial charge in [0.25, 0.3) is 3.25 Å². The Morgan fingerprint density at radius 2 is 0.800 bits per heavy atom. The third-order valence-electron chi connectivity index (χ3n) is 0. The first kappa shape index (κ1) is 6.16. The van der Waals surface area contributed by atoms with Gasteiger partial charge in [-0.05, 0) is 0 Å². The molecule has 0 saturated carbocycles. The van der Waals surface area contributed by atoms with E-state index < -0.39 is 3.25 Å². The Morgan fingerprint density at radius 3 is 0.800 bits per heavy atom. The van der Waals surface area contributed by atoms with Crippen LogP contribution in [0.3, 0.4) is 0 Å². The predicted molar refractivity (Wildman–Crippen MR) is 26.1 cm³/mol. The van der Waals surface area contributed by atoms with E-state index in [0.29, 0.717) is 0 Å². The summed E-state index contributed by atoms with van der Waals surface area (Å²) in [6, 6.07) is 0. The molecule has 0 aromatic rings. The second-order valence-corrected chi connectivity index (χ2v) is 3.86. The first-order valence-corrected chi connectivity index (χ1v) is 2.27. The number of hydrogen-bond donors (Lipinski definition) is 0. The molecule has 0 aliphatic carbocycles. The molecule has 0 rings (SSSR count). The van der Waals surface area contributed by atoms with E-state index in [2.05, 4.69) is 0 Å². The van der Waals surface area contributed by atoms with Crippen molar-refractivity contribution in [3.63, 3.8) is 0 Å². The monoisotopic (exact) mass is 152 g/mol. The highest BCUT2D eigenvalue weighted by Gasteiger charge is 2.11. The summed E-state index contributed by atoms with van der Waals surface area (Å²) < 4.78 is -1.61. The van der Waals surface area contributed by atoms with E-state index in [-0.39, 0.29) is 0 Å². The van der Waals surface area contributed by atoms with Gasteiger partial charge in [0, 0.05) is 0 Å². The van der Waals surface area contributed by atoms with Crippen LogP contribution in [0.4, 0.5) is 0 Å². The van der Waals surface area contributed by atoms with Crippen LogP contribution in [0, 0.1) is 0 Å². The average Bonchev–Trinajstić information content (AvgIpc) is 0.722. The first-order chi connectivity index (χ1) is 2.00. The van der Waals surface area contributed by atoms with E-state index in [4.69, 9.17) is 46.4 Å². The van der Waals surface area contributed by atoms with Gasteiger partial charge < -0.3 is 0 Å². The van der Waals surface area contributed by atoms with Crippen molar-refractivity contribution < 1.29 is 0 Å². The summed E-state index contributed by atoms with van der Waals surface area (Å²) in [4.78, 5) is 0. The highest BCUT2D eigenvalue weighted by atomic mass is 35.1. The van der Waals surface area contributed by atoms with Crippen LogP contribution < -0.4 is 0 Å². The smallest absolute Gasteiger partial charge is 0.0664 e. The van der Waals surface area contributed by atoms with Gasteiger partial charge in [-0.15, -0.1) is 0 Å². The standard InChI is InChI=1S/CCl4/c2-1(3,4)5/i2+0,3+0,4+0,5+0. The van der Waals surface area contributed by atoms with Crippen molar-refractivity contribution in [3.05, 3.63) is 0 Å². The van der Waals surface area contributed by atoms with Gasteiger partial charge in [0.15, 0.2) is 0 Å². The van der Waals surface area contributed by atoms with E-state index in [0.717, 1.165) is 0 Å². The minimum absolute atomic E-state index is 1.61. The molecule has 0 spiro atoms. The van der Waals surface area contributed by atoms with Crippen molar-refractivity contribution >= 4 is 46.4 Å². The van der Waals surface area contributed by atoms with Gasteiger partial charge in [-0.3, -0.25) is 0 Å². The van der Waals surface area contributed by atoms with Gasteiger partial charge >= 0.3 is 0 Å². The Bertz CT molecular complexity index is 19.1. The average molecular weight is 152 g/mol. The summed E-state index contributed by atoms with van der Waals surface area (Å²) in [7, 11) is 0. The molecule has 4 heteroatoms. The second-order valence-electron chi connectivity index (χ2n) is 0.429. The van der Waals surface area contributed by atoms with Gasteiger partial charge in [0.05, 0.1) is 0 Å². The van der Waals surface area contributed by atoms with Gasteiger partial charge in [-0.1, -0.05) is 46.4 Å². The van der Waals surface area contributed by atoms with Crippen molar-refractivity contribution in [2.24, 2.45) is 0 Å². The molecule has 0 aromatic heterocycles. The Balaban J connectivity index is 3.02. The van der Waals surface area contributed by atoms with Crippen LogP contribution >= 0.6 is 46.4 Å². The zero-order valence-electron chi connectivity index (χ0n) is 2.01. The van der Waals surface area contributed by atoms with Crippen LogP contribution in [0.5, 0.6) is 0 Å². The Labute approximate surface area is 50.0 Å². The van der Waals surface area contributed by atoms with Gasteiger partial charge in [0.1, 0.15) is 0 Å². The van der Waals surface area contributed by atoms with Crippen LogP contribution in [0.2, 0.25) is 0 Å². The lowest BCUT2D eigenvalue weighted by Gasteiger charge is -1.91. The second kappa shape index (κ2) is 1.74. The molecule has 0 radical (unpaired) electrons. The molecular weight excluding hydrogens is 152 g/mol. The van der Waals surface area contributed by atoms with Crippen molar-refractivity contribution in [1.82, 2.24) is 0 Å².